The first kappa shape index (κ1) is 12.5. The van der Waals surface area contributed by atoms with Crippen LogP contribution in [0.3, 0.4) is 0 Å². The molecule has 2 rings (SSSR count). The fourth-order valence-electron chi connectivity index (χ4n) is 1.81. The number of methoxy groups -OCH3 is 1. The van der Waals surface area contributed by atoms with Gasteiger partial charge in [0.15, 0.2) is 11.5 Å². The van der Waals surface area contributed by atoms with E-state index in [-0.39, 0.29) is 5.92 Å². The van der Waals surface area contributed by atoms with Crippen molar-refractivity contribution < 1.29 is 9.47 Å². The van der Waals surface area contributed by atoms with Crippen LogP contribution >= 0.6 is 0 Å². The molecule has 0 saturated carbocycles. The Morgan fingerprint density at radius 1 is 1.17 bits per heavy atom. The van der Waals surface area contributed by atoms with E-state index in [1.54, 1.807) is 7.11 Å². The highest BCUT2D eigenvalue weighted by molar-refractivity contribution is 5.39. The molecule has 4 heteroatoms. The average molecular weight is 246 g/mol. The van der Waals surface area contributed by atoms with Crippen LogP contribution in [-0.2, 0) is 0 Å². The van der Waals surface area contributed by atoms with Crippen LogP contribution in [0.2, 0.25) is 0 Å². The van der Waals surface area contributed by atoms with Crippen LogP contribution in [-0.4, -0.2) is 25.2 Å². The Balaban J connectivity index is 2.02. The molecule has 18 heavy (non-hydrogen) atoms. The van der Waals surface area contributed by atoms with Gasteiger partial charge in [-0.2, -0.15) is 0 Å². The maximum absolute atomic E-state index is 5.78. The Kier molecular flexibility index (Phi) is 4.25. The van der Waals surface area contributed by atoms with Gasteiger partial charge in [0.05, 0.1) is 13.7 Å². The third kappa shape index (κ3) is 2.84. The number of aromatic amines is 1. The van der Waals surface area contributed by atoms with E-state index >= 15 is 0 Å². The number of para-hydroxylation sites is 2. The molecule has 0 saturated heterocycles. The number of nitrogens with two attached hydrogens (primary N) is 1. The summed E-state index contributed by atoms with van der Waals surface area (Å²) in [6.45, 7) is 1.06. The molecule has 1 aromatic carbocycles. The normalized spacial score (nSPS) is 12.1. The van der Waals surface area contributed by atoms with Gasteiger partial charge < -0.3 is 20.2 Å². The van der Waals surface area contributed by atoms with Crippen LogP contribution in [0.1, 0.15) is 11.6 Å². The molecule has 0 spiro atoms. The van der Waals surface area contributed by atoms with Gasteiger partial charge in [-0.1, -0.05) is 12.1 Å². The predicted octanol–water partition coefficient (Wildman–Crippen LogP) is 2.14. The molecular weight excluding hydrogens is 228 g/mol. The highest BCUT2D eigenvalue weighted by Crippen LogP contribution is 2.27. The second kappa shape index (κ2) is 6.12. The van der Waals surface area contributed by atoms with Crippen LogP contribution in [0, 0.1) is 0 Å². The number of ether oxygens (including phenoxy) is 2. The first-order chi connectivity index (χ1) is 8.85. The fraction of sp³-hybridized carbons (Fsp3) is 0.286. The molecule has 2 aromatic rings. The van der Waals surface area contributed by atoms with Gasteiger partial charge in [-0.15, -0.1) is 0 Å². The summed E-state index contributed by atoms with van der Waals surface area (Å²) in [5, 5.41) is 0. The zero-order chi connectivity index (χ0) is 12.8. The van der Waals surface area contributed by atoms with Crippen molar-refractivity contribution in [2.75, 3.05) is 20.3 Å². The zero-order valence-electron chi connectivity index (χ0n) is 10.4. The Labute approximate surface area is 107 Å². The molecule has 0 aliphatic heterocycles. The molecule has 1 aromatic heterocycles. The Bertz CT molecular complexity index is 468. The summed E-state index contributed by atoms with van der Waals surface area (Å²) < 4.78 is 11.0. The Morgan fingerprint density at radius 2 is 1.94 bits per heavy atom. The number of nitrogens with one attached hydrogen (secondary N) is 1. The van der Waals surface area contributed by atoms with Crippen molar-refractivity contribution in [2.45, 2.75) is 5.92 Å². The molecule has 0 aliphatic rings. The van der Waals surface area contributed by atoms with Crippen molar-refractivity contribution in [3.05, 3.63) is 48.3 Å². The van der Waals surface area contributed by atoms with Gasteiger partial charge in [-0.3, -0.25) is 0 Å². The molecule has 0 radical (unpaired) electrons. The third-order valence-electron chi connectivity index (χ3n) is 2.86. The molecular formula is C14H18N2O2. The van der Waals surface area contributed by atoms with Crippen LogP contribution in [0.5, 0.6) is 11.5 Å². The van der Waals surface area contributed by atoms with Crippen molar-refractivity contribution in [3.8, 4) is 11.5 Å². The monoisotopic (exact) mass is 246 g/mol. The standard InChI is InChI=1S/C14H18N2O2/c1-17-13-6-2-3-7-14(13)18-10-11(9-15)12-5-4-8-16-12/h2-8,11,16H,9-10,15H2,1H3. The van der Waals surface area contributed by atoms with Gasteiger partial charge in [0.2, 0.25) is 0 Å². The van der Waals surface area contributed by atoms with E-state index < -0.39 is 0 Å². The van der Waals surface area contributed by atoms with E-state index in [0.29, 0.717) is 13.2 Å². The second-order valence-corrected chi connectivity index (χ2v) is 4.02. The molecule has 1 heterocycles. The highest BCUT2D eigenvalue weighted by Gasteiger charge is 2.12. The van der Waals surface area contributed by atoms with Gasteiger partial charge in [0.1, 0.15) is 0 Å². The van der Waals surface area contributed by atoms with Crippen LogP contribution in [0.4, 0.5) is 0 Å². The second-order valence-electron chi connectivity index (χ2n) is 4.02. The molecule has 4 nitrogen and oxygen atoms in total. The van der Waals surface area contributed by atoms with E-state index in [1.807, 2.05) is 42.6 Å². The lowest BCUT2D eigenvalue weighted by atomic mass is 10.1. The molecule has 0 fully saturated rings. The average Bonchev–Trinajstić information content (AvgIpc) is 2.94. The van der Waals surface area contributed by atoms with E-state index in [4.69, 9.17) is 15.2 Å². The third-order valence-corrected chi connectivity index (χ3v) is 2.86. The molecule has 3 N–H and O–H groups in total. The van der Waals surface area contributed by atoms with Crippen molar-refractivity contribution in [1.82, 2.24) is 4.98 Å². The number of hydrogen-bond acceptors (Lipinski definition) is 3. The highest BCUT2D eigenvalue weighted by atomic mass is 16.5. The molecule has 0 amide bonds. The lowest BCUT2D eigenvalue weighted by Gasteiger charge is -2.16. The van der Waals surface area contributed by atoms with E-state index in [1.165, 1.54) is 0 Å². The summed E-state index contributed by atoms with van der Waals surface area (Å²) in [5.74, 6) is 1.63. The van der Waals surface area contributed by atoms with Gasteiger partial charge in [-0.25, -0.2) is 0 Å². The van der Waals surface area contributed by atoms with Gasteiger partial charge in [0, 0.05) is 24.4 Å². The topological polar surface area (TPSA) is 60.3 Å². The lowest BCUT2D eigenvalue weighted by Crippen LogP contribution is -2.20. The van der Waals surface area contributed by atoms with Crippen molar-refractivity contribution in [1.29, 1.82) is 0 Å². The minimum Gasteiger partial charge on any atom is -0.493 e. The minimum atomic E-state index is 0.157. The minimum absolute atomic E-state index is 0.157. The SMILES string of the molecule is COc1ccccc1OCC(CN)c1ccc[nH]1. The summed E-state index contributed by atoms with van der Waals surface area (Å²) >= 11 is 0. The maximum atomic E-state index is 5.78. The lowest BCUT2D eigenvalue weighted by molar-refractivity contribution is 0.271. The van der Waals surface area contributed by atoms with E-state index in [0.717, 1.165) is 17.2 Å². The number of aromatic nitrogens is 1. The molecule has 96 valence electrons. The fourth-order valence-corrected chi connectivity index (χ4v) is 1.81. The molecule has 1 unspecified atom stereocenters. The van der Waals surface area contributed by atoms with Crippen LogP contribution < -0.4 is 15.2 Å². The number of rotatable bonds is 6. The summed E-state index contributed by atoms with van der Waals surface area (Å²) in [4.78, 5) is 3.16. The molecule has 0 bridgehead atoms. The van der Waals surface area contributed by atoms with Gasteiger partial charge in [-0.05, 0) is 24.3 Å². The predicted molar refractivity (Wildman–Crippen MR) is 71.1 cm³/mol. The van der Waals surface area contributed by atoms with Gasteiger partial charge in [0.25, 0.3) is 0 Å². The summed E-state index contributed by atoms with van der Waals surface area (Å²) in [6, 6.07) is 11.6. The van der Waals surface area contributed by atoms with E-state index in [2.05, 4.69) is 4.98 Å². The first-order valence-corrected chi connectivity index (χ1v) is 5.94. The number of hydrogen-bond donors (Lipinski definition) is 2. The smallest absolute Gasteiger partial charge is 0.161 e. The van der Waals surface area contributed by atoms with Gasteiger partial charge >= 0.3 is 0 Å². The largest absolute Gasteiger partial charge is 0.493 e. The summed E-state index contributed by atoms with van der Waals surface area (Å²) in [7, 11) is 1.63. The number of H-pyrrole nitrogens is 1. The zero-order valence-corrected chi connectivity index (χ0v) is 10.4. The maximum Gasteiger partial charge on any atom is 0.161 e. The van der Waals surface area contributed by atoms with Crippen LogP contribution in [0.15, 0.2) is 42.6 Å². The summed E-state index contributed by atoms with van der Waals surface area (Å²) in [5.41, 5.74) is 6.86. The molecule has 1 atom stereocenters. The van der Waals surface area contributed by atoms with E-state index in [9.17, 15) is 0 Å². The first-order valence-electron chi connectivity index (χ1n) is 5.94. The summed E-state index contributed by atoms with van der Waals surface area (Å²) in [6.07, 6.45) is 1.89. The van der Waals surface area contributed by atoms with Crippen molar-refractivity contribution in [3.63, 3.8) is 0 Å². The van der Waals surface area contributed by atoms with Crippen LogP contribution in [0.25, 0.3) is 0 Å². The van der Waals surface area contributed by atoms with Crippen molar-refractivity contribution >= 4 is 0 Å². The molecule has 0 aliphatic carbocycles. The Morgan fingerprint density at radius 3 is 2.56 bits per heavy atom. The van der Waals surface area contributed by atoms with Crippen molar-refractivity contribution in [2.24, 2.45) is 5.73 Å². The quantitative estimate of drug-likeness (QED) is 0.821. The Hall–Kier alpha value is -1.94. The number of benzene rings is 1.